The molecule has 0 spiro atoms. The maximum atomic E-state index is 12.0. The van der Waals surface area contributed by atoms with Gasteiger partial charge in [-0.25, -0.2) is 0 Å². The summed E-state index contributed by atoms with van der Waals surface area (Å²) in [5.41, 5.74) is -0.306. The first-order valence-corrected chi connectivity index (χ1v) is 6.34. The second-order valence-electron chi connectivity index (χ2n) is 5.04. The first kappa shape index (κ1) is 15.4. The number of aliphatic hydroxyl groups is 1. The molecule has 0 aliphatic heterocycles. The molecule has 1 aromatic carbocycles. The molecule has 0 amide bonds. The number of carbonyl (C=O) groups is 1. The van der Waals surface area contributed by atoms with Gasteiger partial charge in [0.25, 0.3) is 0 Å². The molecule has 0 aliphatic carbocycles. The summed E-state index contributed by atoms with van der Waals surface area (Å²) < 4.78 is 0. The van der Waals surface area contributed by atoms with E-state index in [1.54, 1.807) is 44.0 Å². The van der Waals surface area contributed by atoms with Crippen molar-refractivity contribution < 1.29 is 9.90 Å². The molecule has 0 aliphatic rings. The summed E-state index contributed by atoms with van der Waals surface area (Å²) in [5.74, 6) is -0.0553. The lowest BCUT2D eigenvalue weighted by Gasteiger charge is -2.24. The van der Waals surface area contributed by atoms with Crippen molar-refractivity contribution in [3.63, 3.8) is 0 Å². The molecular formula is C13H17Cl2NO2. The van der Waals surface area contributed by atoms with E-state index in [4.69, 9.17) is 23.2 Å². The lowest BCUT2D eigenvalue weighted by Crippen LogP contribution is -2.38. The van der Waals surface area contributed by atoms with E-state index in [-0.39, 0.29) is 12.3 Å². The molecule has 0 atom stereocenters. The highest BCUT2D eigenvalue weighted by Crippen LogP contribution is 2.22. The summed E-state index contributed by atoms with van der Waals surface area (Å²) in [7, 11) is 1.79. The van der Waals surface area contributed by atoms with Gasteiger partial charge in [0.05, 0.1) is 22.2 Å². The van der Waals surface area contributed by atoms with Gasteiger partial charge in [-0.2, -0.15) is 0 Å². The van der Waals surface area contributed by atoms with E-state index >= 15 is 0 Å². The Morgan fingerprint density at radius 2 is 1.94 bits per heavy atom. The second kappa shape index (κ2) is 6.02. The van der Waals surface area contributed by atoms with Crippen LogP contribution >= 0.6 is 23.2 Å². The molecule has 0 heterocycles. The lowest BCUT2D eigenvalue weighted by atomic mass is 10.1. The Kier molecular flexibility index (Phi) is 5.17. The molecule has 1 N–H and O–H groups in total. The Hall–Kier alpha value is -0.610. The maximum absolute atomic E-state index is 12.0. The van der Waals surface area contributed by atoms with Gasteiger partial charge in [-0.15, -0.1) is 0 Å². The lowest BCUT2D eigenvalue weighted by molar-refractivity contribution is 0.0439. The number of halogens is 2. The monoisotopic (exact) mass is 289 g/mol. The molecule has 18 heavy (non-hydrogen) atoms. The predicted octanol–water partition coefficient (Wildman–Crippen LogP) is 2.88. The fourth-order valence-electron chi connectivity index (χ4n) is 1.72. The normalized spacial score (nSPS) is 11.9. The largest absolute Gasteiger partial charge is 0.389 e. The van der Waals surface area contributed by atoms with Crippen LogP contribution in [0.2, 0.25) is 10.0 Å². The third-order valence-corrected chi connectivity index (χ3v) is 3.05. The Labute approximate surface area is 117 Å². The smallest absolute Gasteiger partial charge is 0.176 e. The zero-order valence-corrected chi connectivity index (χ0v) is 12.2. The fraction of sp³-hybridized carbons (Fsp3) is 0.462. The number of hydrogen-bond acceptors (Lipinski definition) is 3. The molecule has 0 fully saturated rings. The molecule has 0 saturated carbocycles. The summed E-state index contributed by atoms with van der Waals surface area (Å²) in [6, 6.07) is 4.81. The van der Waals surface area contributed by atoms with Crippen LogP contribution in [-0.2, 0) is 0 Å². The Morgan fingerprint density at radius 3 is 2.44 bits per heavy atom. The average molecular weight is 290 g/mol. The van der Waals surface area contributed by atoms with Crippen molar-refractivity contribution in [1.29, 1.82) is 0 Å². The first-order valence-electron chi connectivity index (χ1n) is 5.58. The maximum Gasteiger partial charge on any atom is 0.176 e. The SMILES string of the molecule is CN(CC(=O)c1ccc(Cl)c(Cl)c1)CC(C)(C)O. The van der Waals surface area contributed by atoms with Crippen LogP contribution in [0.4, 0.5) is 0 Å². The zero-order chi connectivity index (χ0) is 13.9. The summed E-state index contributed by atoms with van der Waals surface area (Å²) in [6.45, 7) is 4.04. The molecule has 3 nitrogen and oxygen atoms in total. The van der Waals surface area contributed by atoms with Crippen LogP contribution in [0.25, 0.3) is 0 Å². The summed E-state index contributed by atoms with van der Waals surface area (Å²) in [6.07, 6.45) is 0. The second-order valence-corrected chi connectivity index (χ2v) is 5.85. The van der Waals surface area contributed by atoms with Crippen LogP contribution < -0.4 is 0 Å². The number of Topliss-reactive ketones (excluding diaryl/α,β-unsaturated/α-hetero) is 1. The third kappa shape index (κ3) is 4.94. The number of benzene rings is 1. The van der Waals surface area contributed by atoms with E-state index in [1.807, 2.05) is 0 Å². The van der Waals surface area contributed by atoms with Crippen molar-refractivity contribution in [3.05, 3.63) is 33.8 Å². The van der Waals surface area contributed by atoms with E-state index < -0.39 is 5.60 Å². The standard InChI is InChI=1S/C13H17Cl2NO2/c1-13(2,18)8-16(3)7-12(17)9-4-5-10(14)11(15)6-9/h4-6,18H,7-8H2,1-3H3. The molecule has 0 radical (unpaired) electrons. The molecule has 100 valence electrons. The van der Waals surface area contributed by atoms with Crippen LogP contribution in [-0.4, -0.2) is 41.5 Å². The molecular weight excluding hydrogens is 273 g/mol. The van der Waals surface area contributed by atoms with E-state index in [0.717, 1.165) is 0 Å². The minimum absolute atomic E-state index is 0.0553. The van der Waals surface area contributed by atoms with E-state index in [0.29, 0.717) is 22.2 Å². The van der Waals surface area contributed by atoms with Gasteiger partial charge in [0, 0.05) is 12.1 Å². The Morgan fingerprint density at radius 1 is 1.33 bits per heavy atom. The zero-order valence-electron chi connectivity index (χ0n) is 10.7. The number of ketones is 1. The molecule has 0 saturated heterocycles. The van der Waals surface area contributed by atoms with E-state index in [9.17, 15) is 9.90 Å². The quantitative estimate of drug-likeness (QED) is 0.848. The van der Waals surface area contributed by atoms with Crippen molar-refractivity contribution in [2.45, 2.75) is 19.4 Å². The first-order chi connectivity index (χ1) is 8.19. The Balaban J connectivity index is 2.68. The molecule has 0 aromatic heterocycles. The third-order valence-electron chi connectivity index (χ3n) is 2.31. The summed E-state index contributed by atoms with van der Waals surface area (Å²) in [5, 5.41) is 10.5. The van der Waals surface area contributed by atoms with Crippen molar-refractivity contribution in [2.24, 2.45) is 0 Å². The van der Waals surface area contributed by atoms with Gasteiger partial charge >= 0.3 is 0 Å². The van der Waals surface area contributed by atoms with Crippen molar-refractivity contribution in [1.82, 2.24) is 4.90 Å². The van der Waals surface area contributed by atoms with Gasteiger partial charge in [-0.1, -0.05) is 23.2 Å². The average Bonchev–Trinajstić information content (AvgIpc) is 2.18. The Bertz CT molecular complexity index is 441. The minimum atomic E-state index is -0.827. The van der Waals surface area contributed by atoms with Crippen LogP contribution in [0.1, 0.15) is 24.2 Å². The molecule has 5 heteroatoms. The number of rotatable bonds is 5. The van der Waals surface area contributed by atoms with Crippen molar-refractivity contribution in [3.8, 4) is 0 Å². The number of likely N-dealkylation sites (N-methyl/N-ethyl adjacent to an activating group) is 1. The number of hydrogen-bond donors (Lipinski definition) is 1. The van der Waals surface area contributed by atoms with Crippen molar-refractivity contribution >= 4 is 29.0 Å². The molecule has 1 aromatic rings. The van der Waals surface area contributed by atoms with Gasteiger partial charge in [-0.05, 0) is 39.1 Å². The van der Waals surface area contributed by atoms with Crippen LogP contribution in [0, 0.1) is 0 Å². The van der Waals surface area contributed by atoms with Crippen molar-refractivity contribution in [2.75, 3.05) is 20.1 Å². The fourth-order valence-corrected chi connectivity index (χ4v) is 2.02. The summed E-state index contributed by atoms with van der Waals surface area (Å²) in [4.78, 5) is 13.7. The van der Waals surface area contributed by atoms with Gasteiger partial charge in [0.2, 0.25) is 0 Å². The minimum Gasteiger partial charge on any atom is -0.389 e. The van der Waals surface area contributed by atoms with Gasteiger partial charge in [-0.3, -0.25) is 9.69 Å². The number of carbonyl (C=O) groups excluding carboxylic acids is 1. The molecule has 1 rings (SSSR count). The van der Waals surface area contributed by atoms with Crippen LogP contribution in [0.15, 0.2) is 18.2 Å². The van der Waals surface area contributed by atoms with Crippen LogP contribution in [0.3, 0.4) is 0 Å². The topological polar surface area (TPSA) is 40.5 Å². The van der Waals surface area contributed by atoms with Gasteiger partial charge < -0.3 is 5.11 Å². The number of nitrogens with zero attached hydrogens (tertiary/aromatic N) is 1. The van der Waals surface area contributed by atoms with Crippen LogP contribution in [0.5, 0.6) is 0 Å². The molecule has 0 bridgehead atoms. The van der Waals surface area contributed by atoms with E-state index in [1.165, 1.54) is 0 Å². The van der Waals surface area contributed by atoms with Gasteiger partial charge in [0.1, 0.15) is 0 Å². The highest BCUT2D eigenvalue weighted by molar-refractivity contribution is 6.42. The highest BCUT2D eigenvalue weighted by atomic mass is 35.5. The van der Waals surface area contributed by atoms with E-state index in [2.05, 4.69) is 0 Å². The molecule has 0 unspecified atom stereocenters. The predicted molar refractivity (Wildman–Crippen MR) is 74.6 cm³/mol. The summed E-state index contributed by atoms with van der Waals surface area (Å²) >= 11 is 11.7. The highest BCUT2D eigenvalue weighted by Gasteiger charge is 2.18. The van der Waals surface area contributed by atoms with Gasteiger partial charge in [0.15, 0.2) is 5.78 Å².